The molecule has 0 radical (unpaired) electrons. The Bertz CT molecular complexity index is 767. The molecule has 22 heavy (non-hydrogen) atoms. The van der Waals surface area contributed by atoms with Crippen molar-refractivity contribution >= 4 is 29.0 Å². The number of carbonyl (C=O) groups excluding carboxylic acids is 1. The molecule has 1 aromatic carbocycles. The summed E-state index contributed by atoms with van der Waals surface area (Å²) >= 11 is 12.1. The predicted octanol–water partition coefficient (Wildman–Crippen LogP) is 4.95. The minimum Gasteiger partial charge on any atom is -0.505 e. The standard InChI is InChI=1S/C17H17Cl2NO2/c1-9-4-11-14(7-17(2,3)8-15(11)21)20(9)10-5-12(18)16(22)13(19)6-10/h4-6,22H,7-8H2,1-3H3. The molecule has 0 aliphatic heterocycles. The van der Waals surface area contributed by atoms with Crippen LogP contribution in [0.4, 0.5) is 0 Å². The number of benzene rings is 1. The zero-order valence-electron chi connectivity index (χ0n) is 12.7. The highest BCUT2D eigenvalue weighted by Gasteiger charge is 2.34. The Morgan fingerprint density at radius 3 is 2.32 bits per heavy atom. The molecule has 0 atom stereocenters. The van der Waals surface area contributed by atoms with Gasteiger partial charge in [0.2, 0.25) is 0 Å². The zero-order valence-corrected chi connectivity index (χ0v) is 14.2. The van der Waals surface area contributed by atoms with Gasteiger partial charge in [-0.1, -0.05) is 37.0 Å². The smallest absolute Gasteiger partial charge is 0.165 e. The Balaban J connectivity index is 2.24. The number of halogens is 2. The van der Waals surface area contributed by atoms with Gasteiger partial charge in [-0.25, -0.2) is 0 Å². The third-order valence-electron chi connectivity index (χ3n) is 4.13. The largest absolute Gasteiger partial charge is 0.505 e. The van der Waals surface area contributed by atoms with Crippen molar-refractivity contribution < 1.29 is 9.90 Å². The van der Waals surface area contributed by atoms with Crippen molar-refractivity contribution in [1.29, 1.82) is 0 Å². The Hall–Kier alpha value is -1.45. The lowest BCUT2D eigenvalue weighted by Crippen LogP contribution is -2.27. The number of phenolic OH excluding ortho intramolecular Hbond substituents is 1. The van der Waals surface area contributed by atoms with Crippen molar-refractivity contribution in [3.63, 3.8) is 0 Å². The number of aryl methyl sites for hydroxylation is 1. The fraction of sp³-hybridized carbons (Fsp3) is 0.353. The minimum atomic E-state index is -0.123. The molecule has 2 aromatic rings. The third-order valence-corrected chi connectivity index (χ3v) is 4.71. The molecule has 0 unspecified atom stereocenters. The lowest BCUT2D eigenvalue weighted by atomic mass is 9.76. The van der Waals surface area contributed by atoms with E-state index >= 15 is 0 Å². The monoisotopic (exact) mass is 337 g/mol. The van der Waals surface area contributed by atoms with Gasteiger partial charge in [0, 0.05) is 29.1 Å². The van der Waals surface area contributed by atoms with Crippen LogP contribution in [0.2, 0.25) is 10.0 Å². The van der Waals surface area contributed by atoms with Crippen molar-refractivity contribution in [2.75, 3.05) is 0 Å². The number of ketones is 1. The molecule has 0 saturated heterocycles. The second kappa shape index (κ2) is 5.04. The van der Waals surface area contributed by atoms with Crippen LogP contribution in [-0.4, -0.2) is 15.5 Å². The van der Waals surface area contributed by atoms with Crippen LogP contribution < -0.4 is 0 Å². The molecule has 3 rings (SSSR count). The second-order valence-electron chi connectivity index (χ2n) is 6.68. The maximum absolute atomic E-state index is 12.4. The van der Waals surface area contributed by atoms with Crippen LogP contribution in [0.25, 0.3) is 5.69 Å². The van der Waals surface area contributed by atoms with Gasteiger partial charge in [0.05, 0.1) is 10.0 Å². The summed E-state index contributed by atoms with van der Waals surface area (Å²) < 4.78 is 2.01. The zero-order chi connectivity index (χ0) is 16.2. The van der Waals surface area contributed by atoms with Gasteiger partial charge < -0.3 is 9.67 Å². The summed E-state index contributed by atoms with van der Waals surface area (Å²) in [6.07, 6.45) is 1.36. The normalized spacial score (nSPS) is 16.7. The van der Waals surface area contributed by atoms with Crippen LogP contribution in [0.15, 0.2) is 18.2 Å². The molecule has 0 bridgehead atoms. The molecule has 3 nitrogen and oxygen atoms in total. The lowest BCUT2D eigenvalue weighted by Gasteiger charge is -2.30. The van der Waals surface area contributed by atoms with Crippen LogP contribution in [-0.2, 0) is 6.42 Å². The van der Waals surface area contributed by atoms with Crippen molar-refractivity contribution in [3.8, 4) is 11.4 Å². The number of nitrogens with zero attached hydrogens (tertiary/aromatic N) is 1. The topological polar surface area (TPSA) is 42.2 Å². The van der Waals surface area contributed by atoms with Crippen molar-refractivity contribution in [3.05, 3.63) is 45.2 Å². The number of aromatic nitrogens is 1. The van der Waals surface area contributed by atoms with Gasteiger partial charge in [0.15, 0.2) is 11.5 Å². The molecule has 1 aliphatic carbocycles. The maximum atomic E-state index is 12.4. The average Bonchev–Trinajstić information content (AvgIpc) is 2.70. The molecule has 0 amide bonds. The molecular weight excluding hydrogens is 321 g/mol. The molecule has 1 aliphatic rings. The first kappa shape index (κ1) is 15.4. The van der Waals surface area contributed by atoms with Gasteiger partial charge in [0.1, 0.15) is 0 Å². The summed E-state index contributed by atoms with van der Waals surface area (Å²) in [5.41, 5.74) is 3.40. The minimum absolute atomic E-state index is 0.0723. The fourth-order valence-corrected chi connectivity index (χ4v) is 3.67. The number of Topliss-reactive ketones (excluding diaryl/α,β-unsaturated/α-hetero) is 1. The van der Waals surface area contributed by atoms with Crippen LogP contribution >= 0.6 is 23.2 Å². The predicted molar refractivity (Wildman–Crippen MR) is 88.6 cm³/mol. The number of rotatable bonds is 1. The molecule has 1 heterocycles. The van der Waals surface area contributed by atoms with E-state index in [0.29, 0.717) is 6.42 Å². The molecule has 1 N–H and O–H groups in total. The summed E-state index contributed by atoms with van der Waals surface area (Å²) in [5, 5.41) is 10.1. The van der Waals surface area contributed by atoms with Crippen molar-refractivity contribution in [2.24, 2.45) is 5.41 Å². The number of fused-ring (bicyclic) bond motifs is 1. The summed E-state index contributed by atoms with van der Waals surface area (Å²) in [7, 11) is 0. The third kappa shape index (κ3) is 2.42. The quantitative estimate of drug-likeness (QED) is 0.799. The molecule has 0 saturated carbocycles. The van der Waals surface area contributed by atoms with E-state index in [1.807, 2.05) is 17.6 Å². The molecule has 0 spiro atoms. The number of hydrogen-bond acceptors (Lipinski definition) is 2. The maximum Gasteiger partial charge on any atom is 0.165 e. The number of phenols is 1. The van der Waals surface area contributed by atoms with Crippen molar-refractivity contribution in [1.82, 2.24) is 4.57 Å². The average molecular weight is 338 g/mol. The van der Waals surface area contributed by atoms with Crippen LogP contribution in [0.3, 0.4) is 0 Å². The molecule has 5 heteroatoms. The first-order chi connectivity index (χ1) is 10.2. The van der Waals surface area contributed by atoms with Gasteiger partial charge >= 0.3 is 0 Å². The van der Waals surface area contributed by atoms with E-state index < -0.39 is 0 Å². The Morgan fingerprint density at radius 2 is 1.73 bits per heavy atom. The van der Waals surface area contributed by atoms with Crippen molar-refractivity contribution in [2.45, 2.75) is 33.6 Å². The fourth-order valence-electron chi connectivity index (χ4n) is 3.19. The van der Waals surface area contributed by atoms with Gasteiger partial charge in [-0.15, -0.1) is 0 Å². The van der Waals surface area contributed by atoms with Gasteiger partial charge in [-0.2, -0.15) is 0 Å². The Kier molecular flexibility index (Phi) is 3.54. The molecular formula is C17H17Cl2NO2. The van der Waals surface area contributed by atoms with Gasteiger partial charge in [-0.3, -0.25) is 4.79 Å². The Morgan fingerprint density at radius 1 is 1.14 bits per heavy atom. The van der Waals surface area contributed by atoms with E-state index in [-0.39, 0.29) is 27.0 Å². The summed E-state index contributed by atoms with van der Waals surface area (Å²) in [4.78, 5) is 12.4. The van der Waals surface area contributed by atoms with Gasteiger partial charge in [-0.05, 0) is 37.0 Å². The highest BCUT2D eigenvalue weighted by atomic mass is 35.5. The highest BCUT2D eigenvalue weighted by Crippen LogP contribution is 2.40. The summed E-state index contributed by atoms with van der Waals surface area (Å²) in [5.74, 6) is 0.0474. The summed E-state index contributed by atoms with van der Waals surface area (Å²) in [6, 6.07) is 5.26. The second-order valence-corrected chi connectivity index (χ2v) is 7.49. The van der Waals surface area contributed by atoms with Gasteiger partial charge in [0.25, 0.3) is 0 Å². The first-order valence-electron chi connectivity index (χ1n) is 7.12. The van der Waals surface area contributed by atoms with E-state index in [9.17, 15) is 9.90 Å². The van der Waals surface area contributed by atoms with E-state index in [1.54, 1.807) is 12.1 Å². The highest BCUT2D eigenvalue weighted by molar-refractivity contribution is 6.37. The van der Waals surface area contributed by atoms with Crippen LogP contribution in [0, 0.1) is 12.3 Å². The lowest BCUT2D eigenvalue weighted by molar-refractivity contribution is 0.0911. The van der Waals surface area contributed by atoms with E-state index in [2.05, 4.69) is 13.8 Å². The molecule has 1 aromatic heterocycles. The van der Waals surface area contributed by atoms with E-state index in [0.717, 1.165) is 29.1 Å². The first-order valence-corrected chi connectivity index (χ1v) is 7.88. The number of carbonyl (C=O) groups is 1. The van der Waals surface area contributed by atoms with Crippen LogP contribution in [0.5, 0.6) is 5.75 Å². The van der Waals surface area contributed by atoms with E-state index in [4.69, 9.17) is 23.2 Å². The molecule has 116 valence electrons. The SMILES string of the molecule is Cc1cc2c(n1-c1cc(Cl)c(O)c(Cl)c1)CC(C)(C)CC2=O. The number of aromatic hydroxyl groups is 1. The summed E-state index contributed by atoms with van der Waals surface area (Å²) in [6.45, 7) is 6.14. The number of hydrogen-bond donors (Lipinski definition) is 1. The van der Waals surface area contributed by atoms with Crippen LogP contribution in [0.1, 0.15) is 42.0 Å². The van der Waals surface area contributed by atoms with E-state index in [1.165, 1.54) is 0 Å². The molecule has 0 fully saturated rings. The Labute approximate surface area is 139 Å².